The highest BCUT2D eigenvalue weighted by atomic mass is 16.5. The van der Waals surface area contributed by atoms with E-state index in [9.17, 15) is 0 Å². The Morgan fingerprint density at radius 1 is 0.838 bits per heavy atom. The summed E-state index contributed by atoms with van der Waals surface area (Å²) in [5.41, 5.74) is 2.87. The standard InChI is InChI=1S/C36H64O/c1-7-8-9-10-11-12-13-25-37-30-21-23-35(5)29(26-30)17-18-31-33-20-19-32(28(4)16-14-15-27(2)3)36(33,6)24-22-34(31)35/h17,27-28,30-34H,7-16,18-26H2,1-6H3. The predicted molar refractivity (Wildman–Crippen MR) is 161 cm³/mol. The third-order valence-corrected chi connectivity index (χ3v) is 12.4. The molecule has 0 aliphatic heterocycles. The summed E-state index contributed by atoms with van der Waals surface area (Å²) in [4.78, 5) is 0. The lowest BCUT2D eigenvalue weighted by molar-refractivity contribution is -0.0641. The molecule has 0 radical (unpaired) electrons. The summed E-state index contributed by atoms with van der Waals surface area (Å²) < 4.78 is 6.47. The Balaban J connectivity index is 1.29. The summed E-state index contributed by atoms with van der Waals surface area (Å²) in [7, 11) is 0. The van der Waals surface area contributed by atoms with Crippen LogP contribution >= 0.6 is 0 Å². The fourth-order valence-electron chi connectivity index (χ4n) is 10.1. The van der Waals surface area contributed by atoms with Gasteiger partial charge in [0.2, 0.25) is 0 Å². The monoisotopic (exact) mass is 512 g/mol. The molecule has 1 heteroatoms. The summed E-state index contributed by atoms with van der Waals surface area (Å²) >= 11 is 0. The van der Waals surface area contributed by atoms with Crippen LogP contribution in [-0.4, -0.2) is 12.7 Å². The maximum Gasteiger partial charge on any atom is 0.0612 e. The number of rotatable bonds is 14. The molecule has 0 amide bonds. The van der Waals surface area contributed by atoms with Crippen LogP contribution < -0.4 is 0 Å². The van der Waals surface area contributed by atoms with Gasteiger partial charge in [-0.3, -0.25) is 0 Å². The van der Waals surface area contributed by atoms with Crippen molar-refractivity contribution in [2.75, 3.05) is 6.61 Å². The van der Waals surface area contributed by atoms with Gasteiger partial charge >= 0.3 is 0 Å². The zero-order valence-corrected chi connectivity index (χ0v) is 26.0. The minimum Gasteiger partial charge on any atom is -0.378 e. The van der Waals surface area contributed by atoms with E-state index in [1.807, 2.05) is 0 Å². The van der Waals surface area contributed by atoms with Crippen molar-refractivity contribution in [3.8, 4) is 0 Å². The minimum absolute atomic E-state index is 0.463. The van der Waals surface area contributed by atoms with Crippen LogP contribution in [-0.2, 0) is 4.74 Å². The van der Waals surface area contributed by atoms with E-state index in [0.29, 0.717) is 16.9 Å². The van der Waals surface area contributed by atoms with Gasteiger partial charge in [-0.15, -0.1) is 0 Å². The van der Waals surface area contributed by atoms with E-state index < -0.39 is 0 Å². The molecule has 0 aromatic rings. The molecule has 4 aliphatic rings. The van der Waals surface area contributed by atoms with Crippen LogP contribution in [0.2, 0.25) is 0 Å². The minimum atomic E-state index is 0.463. The van der Waals surface area contributed by atoms with Gasteiger partial charge in [0.05, 0.1) is 6.10 Å². The zero-order valence-electron chi connectivity index (χ0n) is 26.0. The summed E-state index contributed by atoms with van der Waals surface area (Å²) in [6.07, 6.45) is 28.5. The molecule has 37 heavy (non-hydrogen) atoms. The maximum atomic E-state index is 6.47. The second-order valence-electron chi connectivity index (χ2n) is 15.1. The van der Waals surface area contributed by atoms with E-state index >= 15 is 0 Å². The van der Waals surface area contributed by atoms with Gasteiger partial charge in [-0.05, 0) is 104 Å². The number of fused-ring (bicyclic) bond motifs is 5. The molecule has 8 atom stereocenters. The molecule has 0 N–H and O–H groups in total. The summed E-state index contributed by atoms with van der Waals surface area (Å²) in [5.74, 6) is 5.61. The largest absolute Gasteiger partial charge is 0.378 e. The zero-order chi connectivity index (χ0) is 26.5. The summed E-state index contributed by atoms with van der Waals surface area (Å²) in [6, 6.07) is 0. The normalized spacial score (nSPS) is 38.1. The molecule has 0 aromatic heterocycles. The van der Waals surface area contributed by atoms with E-state index in [4.69, 9.17) is 4.74 Å². The van der Waals surface area contributed by atoms with Crippen molar-refractivity contribution in [1.29, 1.82) is 0 Å². The first-order valence-corrected chi connectivity index (χ1v) is 17.1. The highest BCUT2D eigenvalue weighted by Crippen LogP contribution is 2.67. The molecular weight excluding hydrogens is 448 g/mol. The number of unbranched alkanes of at least 4 members (excludes halogenated alkanes) is 6. The lowest BCUT2D eigenvalue weighted by atomic mass is 9.47. The average molecular weight is 513 g/mol. The Labute approximate surface area is 232 Å². The predicted octanol–water partition coefficient (Wildman–Crippen LogP) is 11.2. The van der Waals surface area contributed by atoms with Gasteiger partial charge in [-0.2, -0.15) is 0 Å². The van der Waals surface area contributed by atoms with Crippen molar-refractivity contribution in [3.05, 3.63) is 11.6 Å². The van der Waals surface area contributed by atoms with E-state index in [0.717, 1.165) is 42.1 Å². The van der Waals surface area contributed by atoms with E-state index in [1.54, 1.807) is 5.57 Å². The van der Waals surface area contributed by atoms with Crippen molar-refractivity contribution in [3.63, 3.8) is 0 Å². The first-order chi connectivity index (χ1) is 17.8. The molecule has 0 aromatic carbocycles. The Kier molecular flexibility index (Phi) is 10.7. The first-order valence-electron chi connectivity index (χ1n) is 17.1. The lowest BCUT2D eigenvalue weighted by Crippen LogP contribution is -2.51. The highest BCUT2D eigenvalue weighted by molar-refractivity contribution is 5.25. The molecule has 4 rings (SSSR count). The van der Waals surface area contributed by atoms with Gasteiger partial charge in [-0.1, -0.05) is 111 Å². The number of ether oxygens (including phenoxy) is 1. The van der Waals surface area contributed by atoms with E-state index in [1.165, 1.54) is 116 Å². The second kappa shape index (κ2) is 13.4. The molecule has 214 valence electrons. The molecule has 3 saturated carbocycles. The highest BCUT2D eigenvalue weighted by Gasteiger charge is 2.59. The quantitative estimate of drug-likeness (QED) is 0.166. The van der Waals surface area contributed by atoms with Crippen LogP contribution in [0.4, 0.5) is 0 Å². The van der Waals surface area contributed by atoms with Crippen molar-refractivity contribution in [1.82, 2.24) is 0 Å². The molecule has 4 aliphatic carbocycles. The van der Waals surface area contributed by atoms with Gasteiger partial charge in [0.25, 0.3) is 0 Å². The molecule has 8 unspecified atom stereocenters. The Bertz CT molecular complexity index is 722. The lowest BCUT2D eigenvalue weighted by Gasteiger charge is -2.58. The van der Waals surface area contributed by atoms with Crippen LogP contribution in [0.1, 0.15) is 157 Å². The van der Waals surface area contributed by atoms with Crippen molar-refractivity contribution < 1.29 is 4.74 Å². The molecule has 0 heterocycles. The average Bonchev–Trinajstić information content (AvgIpc) is 3.22. The van der Waals surface area contributed by atoms with Crippen molar-refractivity contribution in [2.45, 2.75) is 163 Å². The third kappa shape index (κ3) is 6.72. The van der Waals surface area contributed by atoms with E-state index in [-0.39, 0.29) is 0 Å². The molecule has 0 spiro atoms. The van der Waals surface area contributed by atoms with Crippen LogP contribution in [0.3, 0.4) is 0 Å². The van der Waals surface area contributed by atoms with Crippen LogP contribution in [0.15, 0.2) is 11.6 Å². The van der Waals surface area contributed by atoms with Gasteiger partial charge in [0, 0.05) is 6.61 Å². The van der Waals surface area contributed by atoms with Gasteiger partial charge in [0.15, 0.2) is 0 Å². The Morgan fingerprint density at radius 2 is 1.59 bits per heavy atom. The number of hydrogen-bond acceptors (Lipinski definition) is 1. The Hall–Kier alpha value is -0.300. The number of allylic oxidation sites excluding steroid dienone is 1. The maximum absolute atomic E-state index is 6.47. The fourth-order valence-corrected chi connectivity index (χ4v) is 10.1. The molecule has 0 saturated heterocycles. The SMILES string of the molecule is CCCCCCCCCOC1CCC2(C)C(=CCC3C2CCC2(C)C(C(C)CCCC(C)C)CCC32)C1. The van der Waals surface area contributed by atoms with E-state index in [2.05, 4.69) is 47.6 Å². The van der Waals surface area contributed by atoms with Crippen molar-refractivity contribution in [2.24, 2.45) is 46.3 Å². The number of hydrogen-bond donors (Lipinski definition) is 0. The first kappa shape index (κ1) is 29.7. The fraction of sp³-hybridized carbons (Fsp3) is 0.944. The summed E-state index contributed by atoms with van der Waals surface area (Å²) in [6.45, 7) is 16.1. The topological polar surface area (TPSA) is 9.23 Å². The summed E-state index contributed by atoms with van der Waals surface area (Å²) in [5, 5.41) is 0. The molecule has 0 bridgehead atoms. The Morgan fingerprint density at radius 3 is 2.35 bits per heavy atom. The molecule has 3 fully saturated rings. The third-order valence-electron chi connectivity index (χ3n) is 12.4. The van der Waals surface area contributed by atoms with Crippen LogP contribution in [0.25, 0.3) is 0 Å². The second-order valence-corrected chi connectivity index (χ2v) is 15.1. The van der Waals surface area contributed by atoms with Gasteiger partial charge in [-0.25, -0.2) is 0 Å². The van der Waals surface area contributed by atoms with Gasteiger partial charge < -0.3 is 4.74 Å². The molecule has 1 nitrogen and oxygen atoms in total. The smallest absolute Gasteiger partial charge is 0.0612 e. The van der Waals surface area contributed by atoms with Gasteiger partial charge in [0.1, 0.15) is 0 Å². The molecular formula is C36H64O. The van der Waals surface area contributed by atoms with Crippen molar-refractivity contribution >= 4 is 0 Å². The van der Waals surface area contributed by atoms with Crippen LogP contribution in [0.5, 0.6) is 0 Å². The van der Waals surface area contributed by atoms with Crippen LogP contribution in [0, 0.1) is 46.3 Å².